The number of rotatable bonds is 14. The van der Waals surface area contributed by atoms with Crippen molar-refractivity contribution in [1.82, 2.24) is 10.2 Å². The molecule has 2 amide bonds. The maximum absolute atomic E-state index is 14.3. The molecule has 44 heavy (non-hydrogen) atoms. The number of ether oxygens (including phenoxy) is 2. The number of nitrogens with one attached hydrogen (secondary N) is 1. The van der Waals surface area contributed by atoms with E-state index in [1.165, 1.54) is 37.3 Å². The molecule has 1 aliphatic rings. The molecule has 0 saturated heterocycles. The Morgan fingerprint density at radius 3 is 2.25 bits per heavy atom. The lowest BCUT2D eigenvalue weighted by atomic mass is 10.1. The first kappa shape index (κ1) is 32.9. The second-order valence-corrected chi connectivity index (χ2v) is 13.0. The summed E-state index contributed by atoms with van der Waals surface area (Å²) in [5.41, 5.74) is 2.07. The number of methoxy groups -OCH3 is 2. The van der Waals surface area contributed by atoms with Crippen LogP contribution in [0, 0.1) is 6.92 Å². The molecular weight excluding hydrogens is 578 g/mol. The van der Waals surface area contributed by atoms with Gasteiger partial charge in [0, 0.05) is 18.7 Å². The van der Waals surface area contributed by atoms with Gasteiger partial charge in [-0.1, -0.05) is 67.8 Å². The van der Waals surface area contributed by atoms with E-state index in [9.17, 15) is 18.0 Å². The molecule has 1 fully saturated rings. The minimum Gasteiger partial charge on any atom is -0.497 e. The van der Waals surface area contributed by atoms with E-state index < -0.39 is 28.5 Å². The Labute approximate surface area is 261 Å². The fourth-order valence-electron chi connectivity index (χ4n) is 5.61. The molecule has 236 valence electrons. The van der Waals surface area contributed by atoms with Gasteiger partial charge in [0.1, 0.15) is 24.1 Å². The molecule has 0 aliphatic heterocycles. The van der Waals surface area contributed by atoms with Gasteiger partial charge in [-0.05, 0) is 62.4 Å². The standard InChI is InChI=1S/C34H43N3O6S/c1-5-30(34(39)35-27-13-9-10-14-27)36(22-21-26-11-7-6-8-12-26)33(38)24-37(31-23-28(42-3)17-20-32(31)43-4)44(40,41)29-18-15-25(2)16-19-29/h6-8,11-12,15-20,23,27,30H,5,9-10,13-14,21-22,24H2,1-4H3,(H,35,39)/t30-/m0/s1. The van der Waals surface area contributed by atoms with Crippen LogP contribution >= 0.6 is 0 Å². The number of amides is 2. The van der Waals surface area contributed by atoms with Gasteiger partial charge in [-0.3, -0.25) is 13.9 Å². The highest BCUT2D eigenvalue weighted by Gasteiger charge is 2.35. The van der Waals surface area contributed by atoms with Crippen molar-refractivity contribution < 1.29 is 27.5 Å². The second-order valence-electron chi connectivity index (χ2n) is 11.1. The molecule has 0 aromatic heterocycles. The average molecular weight is 622 g/mol. The summed E-state index contributed by atoms with van der Waals surface area (Å²) < 4.78 is 40.5. The summed E-state index contributed by atoms with van der Waals surface area (Å²) in [7, 11) is -1.32. The molecule has 3 aromatic rings. The topological polar surface area (TPSA) is 105 Å². The lowest BCUT2D eigenvalue weighted by Gasteiger charge is -2.34. The van der Waals surface area contributed by atoms with Gasteiger partial charge in [0.15, 0.2) is 0 Å². The highest BCUT2D eigenvalue weighted by Crippen LogP contribution is 2.36. The Morgan fingerprint density at radius 2 is 1.64 bits per heavy atom. The molecule has 0 heterocycles. The smallest absolute Gasteiger partial charge is 0.264 e. The molecule has 0 bridgehead atoms. The Hall–Kier alpha value is -4.05. The number of anilines is 1. The van der Waals surface area contributed by atoms with E-state index in [0.717, 1.165) is 41.1 Å². The Kier molecular flexibility index (Phi) is 11.3. The van der Waals surface area contributed by atoms with Crippen LogP contribution < -0.4 is 19.1 Å². The number of aryl methyl sites for hydroxylation is 1. The maximum atomic E-state index is 14.3. The third-order valence-corrected chi connectivity index (χ3v) is 9.89. The minimum atomic E-state index is -4.25. The molecule has 10 heteroatoms. The minimum absolute atomic E-state index is 0.0302. The average Bonchev–Trinajstić information content (AvgIpc) is 3.55. The van der Waals surface area contributed by atoms with Crippen molar-refractivity contribution in [3.05, 3.63) is 83.9 Å². The number of hydrogen-bond acceptors (Lipinski definition) is 6. The van der Waals surface area contributed by atoms with Crippen LogP contribution in [0.2, 0.25) is 0 Å². The summed E-state index contributed by atoms with van der Waals surface area (Å²) >= 11 is 0. The molecular formula is C34H43N3O6S. The third-order valence-electron chi connectivity index (χ3n) is 8.11. The van der Waals surface area contributed by atoms with E-state index in [0.29, 0.717) is 18.6 Å². The van der Waals surface area contributed by atoms with Gasteiger partial charge < -0.3 is 19.7 Å². The normalized spacial score (nSPS) is 14.1. The number of hydrogen-bond donors (Lipinski definition) is 1. The van der Waals surface area contributed by atoms with Crippen LogP contribution in [0.5, 0.6) is 11.5 Å². The van der Waals surface area contributed by atoms with Gasteiger partial charge >= 0.3 is 0 Å². The molecule has 0 unspecified atom stereocenters. The zero-order valence-corrected chi connectivity index (χ0v) is 26.8. The molecule has 4 rings (SSSR count). The number of nitrogens with zero attached hydrogens (tertiary/aromatic N) is 2. The molecule has 1 N–H and O–H groups in total. The van der Waals surface area contributed by atoms with Crippen LogP contribution in [-0.2, 0) is 26.0 Å². The molecule has 1 saturated carbocycles. The number of carbonyl (C=O) groups excluding carboxylic acids is 2. The third kappa shape index (κ3) is 7.91. The SMILES string of the molecule is CC[C@@H](C(=O)NC1CCCC1)N(CCc1ccccc1)C(=O)CN(c1cc(OC)ccc1OC)S(=O)(=O)c1ccc(C)cc1. The highest BCUT2D eigenvalue weighted by molar-refractivity contribution is 7.92. The maximum Gasteiger partial charge on any atom is 0.264 e. The van der Waals surface area contributed by atoms with Crippen LogP contribution in [0.25, 0.3) is 0 Å². The number of carbonyl (C=O) groups is 2. The van der Waals surface area contributed by atoms with Gasteiger partial charge in [-0.2, -0.15) is 0 Å². The van der Waals surface area contributed by atoms with E-state index in [-0.39, 0.29) is 34.8 Å². The lowest BCUT2D eigenvalue weighted by Crippen LogP contribution is -2.54. The first-order valence-corrected chi connectivity index (χ1v) is 16.6. The van der Waals surface area contributed by atoms with E-state index in [1.54, 1.807) is 24.3 Å². The summed E-state index contributed by atoms with van der Waals surface area (Å²) in [6.07, 6.45) is 4.84. The molecule has 0 spiro atoms. The molecule has 0 radical (unpaired) electrons. The van der Waals surface area contributed by atoms with Crippen molar-refractivity contribution >= 4 is 27.5 Å². The van der Waals surface area contributed by atoms with Crippen molar-refractivity contribution in [3.8, 4) is 11.5 Å². The van der Waals surface area contributed by atoms with Crippen LogP contribution in [0.4, 0.5) is 5.69 Å². The van der Waals surface area contributed by atoms with Crippen molar-refractivity contribution in [2.45, 2.75) is 69.4 Å². The zero-order chi connectivity index (χ0) is 31.7. The molecule has 1 aliphatic carbocycles. The van der Waals surface area contributed by atoms with Gasteiger partial charge in [-0.15, -0.1) is 0 Å². The van der Waals surface area contributed by atoms with Crippen LogP contribution in [-0.4, -0.2) is 64.5 Å². The lowest BCUT2D eigenvalue weighted by molar-refractivity contribution is -0.139. The summed E-state index contributed by atoms with van der Waals surface area (Å²) in [5, 5.41) is 3.14. The monoisotopic (exact) mass is 621 g/mol. The van der Waals surface area contributed by atoms with Crippen molar-refractivity contribution in [1.29, 1.82) is 0 Å². The van der Waals surface area contributed by atoms with E-state index in [1.807, 2.05) is 44.2 Å². The Balaban J connectivity index is 1.74. The summed E-state index contributed by atoms with van der Waals surface area (Å²) in [5.74, 6) is -0.0422. The summed E-state index contributed by atoms with van der Waals surface area (Å²) in [4.78, 5) is 29.5. The van der Waals surface area contributed by atoms with Gasteiger partial charge in [-0.25, -0.2) is 8.42 Å². The zero-order valence-electron chi connectivity index (χ0n) is 26.0. The first-order valence-electron chi connectivity index (χ1n) is 15.1. The Bertz CT molecular complexity index is 1510. The largest absolute Gasteiger partial charge is 0.497 e. The van der Waals surface area contributed by atoms with Gasteiger partial charge in [0.25, 0.3) is 10.0 Å². The van der Waals surface area contributed by atoms with E-state index >= 15 is 0 Å². The van der Waals surface area contributed by atoms with Crippen LogP contribution in [0.15, 0.2) is 77.7 Å². The van der Waals surface area contributed by atoms with Crippen molar-refractivity contribution in [3.63, 3.8) is 0 Å². The fraction of sp³-hybridized carbons (Fsp3) is 0.412. The van der Waals surface area contributed by atoms with Gasteiger partial charge in [0.2, 0.25) is 11.8 Å². The predicted molar refractivity (Wildman–Crippen MR) is 172 cm³/mol. The Morgan fingerprint density at radius 1 is 0.955 bits per heavy atom. The molecule has 3 aromatic carbocycles. The number of benzene rings is 3. The summed E-state index contributed by atoms with van der Waals surface area (Å²) in [6.45, 7) is 3.44. The number of sulfonamides is 1. The van der Waals surface area contributed by atoms with Crippen LogP contribution in [0.3, 0.4) is 0 Å². The van der Waals surface area contributed by atoms with Crippen LogP contribution in [0.1, 0.15) is 50.2 Å². The second kappa shape index (κ2) is 15.1. The van der Waals surface area contributed by atoms with Crippen molar-refractivity contribution in [2.75, 3.05) is 31.6 Å². The quantitative estimate of drug-likeness (QED) is 0.268. The van der Waals surface area contributed by atoms with Gasteiger partial charge in [0.05, 0.1) is 24.8 Å². The van der Waals surface area contributed by atoms with E-state index in [4.69, 9.17) is 9.47 Å². The van der Waals surface area contributed by atoms with E-state index in [2.05, 4.69) is 5.32 Å². The van der Waals surface area contributed by atoms with Crippen molar-refractivity contribution in [2.24, 2.45) is 0 Å². The first-order chi connectivity index (χ1) is 21.2. The molecule has 1 atom stereocenters. The highest BCUT2D eigenvalue weighted by atomic mass is 32.2. The fourth-order valence-corrected chi connectivity index (χ4v) is 7.02. The molecule has 9 nitrogen and oxygen atoms in total. The predicted octanol–water partition coefficient (Wildman–Crippen LogP) is 5.12. The summed E-state index contributed by atoms with van der Waals surface area (Å²) in [6, 6.07) is 20.3.